The summed E-state index contributed by atoms with van der Waals surface area (Å²) in [5.74, 6) is 15.8. The van der Waals surface area contributed by atoms with Gasteiger partial charge >= 0.3 is 0 Å². The molecular formula is C18H14O4. The average molecular weight is 294 g/mol. The van der Waals surface area contributed by atoms with Crippen LogP contribution in [0.15, 0.2) is 0 Å². The SMILES string of the molecule is CC(=O)C(C#CC#CC#CC#CC(C(C)=O)C(C)=O)C(C)=O. The van der Waals surface area contributed by atoms with Gasteiger partial charge in [-0.15, -0.1) is 0 Å². The van der Waals surface area contributed by atoms with E-state index in [1.54, 1.807) is 0 Å². The lowest BCUT2D eigenvalue weighted by Crippen LogP contribution is -2.17. The number of Topliss-reactive ketones (excluding diaryl/α,β-unsaturated/α-hetero) is 4. The van der Waals surface area contributed by atoms with Crippen LogP contribution in [0.25, 0.3) is 0 Å². The van der Waals surface area contributed by atoms with Crippen molar-refractivity contribution in [1.82, 2.24) is 0 Å². The summed E-state index contributed by atoms with van der Waals surface area (Å²) in [5.41, 5.74) is 0. The van der Waals surface area contributed by atoms with Gasteiger partial charge in [0, 0.05) is 0 Å². The Bertz CT molecular complexity index is 646. The first kappa shape index (κ1) is 18.9. The molecule has 0 N–H and O–H groups in total. The zero-order valence-electron chi connectivity index (χ0n) is 12.8. The van der Waals surface area contributed by atoms with E-state index in [-0.39, 0.29) is 23.1 Å². The van der Waals surface area contributed by atoms with E-state index in [9.17, 15) is 19.2 Å². The number of rotatable bonds is 4. The highest BCUT2D eigenvalue weighted by Gasteiger charge is 2.16. The number of carbonyl (C=O) groups excluding carboxylic acids is 4. The van der Waals surface area contributed by atoms with E-state index in [4.69, 9.17) is 0 Å². The van der Waals surface area contributed by atoms with Crippen molar-refractivity contribution in [2.24, 2.45) is 11.8 Å². The van der Waals surface area contributed by atoms with Crippen molar-refractivity contribution in [2.75, 3.05) is 0 Å². The van der Waals surface area contributed by atoms with Gasteiger partial charge in [0.1, 0.15) is 11.8 Å². The van der Waals surface area contributed by atoms with Crippen LogP contribution in [-0.4, -0.2) is 23.1 Å². The maximum atomic E-state index is 11.1. The molecule has 0 saturated carbocycles. The maximum absolute atomic E-state index is 11.1. The highest BCUT2D eigenvalue weighted by Crippen LogP contribution is 1.97. The lowest BCUT2D eigenvalue weighted by atomic mass is 10.0. The summed E-state index contributed by atoms with van der Waals surface area (Å²) >= 11 is 0. The molecule has 110 valence electrons. The largest absolute Gasteiger partial charge is 0.298 e. The number of hydrogen-bond donors (Lipinski definition) is 0. The summed E-state index contributed by atoms with van der Waals surface area (Å²) < 4.78 is 0. The first-order chi connectivity index (χ1) is 10.3. The Morgan fingerprint density at radius 1 is 0.500 bits per heavy atom. The van der Waals surface area contributed by atoms with Crippen molar-refractivity contribution >= 4 is 23.1 Å². The fraction of sp³-hybridized carbons (Fsp3) is 0.333. The van der Waals surface area contributed by atoms with Crippen LogP contribution in [0.2, 0.25) is 0 Å². The van der Waals surface area contributed by atoms with Gasteiger partial charge in [-0.25, -0.2) is 0 Å². The Kier molecular flexibility index (Phi) is 8.40. The molecule has 0 heterocycles. The zero-order valence-corrected chi connectivity index (χ0v) is 12.8. The molecule has 0 aromatic carbocycles. The molecule has 0 rings (SSSR count). The van der Waals surface area contributed by atoms with E-state index < -0.39 is 11.8 Å². The molecule has 0 aromatic rings. The normalized spacial score (nSPS) is 8.09. The van der Waals surface area contributed by atoms with Crippen LogP contribution in [-0.2, 0) is 19.2 Å². The first-order valence-electron chi connectivity index (χ1n) is 6.30. The highest BCUT2D eigenvalue weighted by atomic mass is 16.2. The van der Waals surface area contributed by atoms with Crippen LogP contribution in [0.5, 0.6) is 0 Å². The fourth-order valence-corrected chi connectivity index (χ4v) is 1.32. The van der Waals surface area contributed by atoms with E-state index in [1.807, 2.05) is 0 Å². The highest BCUT2D eigenvalue weighted by molar-refractivity contribution is 6.03. The van der Waals surface area contributed by atoms with E-state index in [0.717, 1.165) is 0 Å². The Hall–Kier alpha value is -3.08. The van der Waals surface area contributed by atoms with Crippen molar-refractivity contribution < 1.29 is 19.2 Å². The Morgan fingerprint density at radius 2 is 0.727 bits per heavy atom. The predicted octanol–water partition coefficient (Wildman–Crippen LogP) is 0.588. The van der Waals surface area contributed by atoms with Gasteiger partial charge in [-0.2, -0.15) is 0 Å². The second kappa shape index (κ2) is 9.77. The van der Waals surface area contributed by atoms with Gasteiger partial charge in [-0.05, 0) is 63.2 Å². The van der Waals surface area contributed by atoms with Crippen molar-refractivity contribution in [2.45, 2.75) is 27.7 Å². The third-order valence-corrected chi connectivity index (χ3v) is 2.37. The third kappa shape index (κ3) is 7.49. The van der Waals surface area contributed by atoms with Crippen LogP contribution in [0.1, 0.15) is 27.7 Å². The van der Waals surface area contributed by atoms with Crippen LogP contribution in [0.4, 0.5) is 0 Å². The second-order valence-electron chi connectivity index (χ2n) is 4.35. The Labute approximate surface area is 130 Å². The van der Waals surface area contributed by atoms with Gasteiger partial charge in [-0.3, -0.25) is 19.2 Å². The molecule has 0 aliphatic carbocycles. The molecule has 0 bridgehead atoms. The predicted molar refractivity (Wildman–Crippen MR) is 80.8 cm³/mol. The van der Waals surface area contributed by atoms with Gasteiger partial charge in [0.05, 0.1) is 0 Å². The van der Waals surface area contributed by atoms with Gasteiger partial charge in [0.25, 0.3) is 0 Å². The van der Waals surface area contributed by atoms with E-state index in [1.165, 1.54) is 27.7 Å². The molecule has 0 amide bonds. The number of ketones is 4. The quantitative estimate of drug-likeness (QED) is 0.562. The number of carbonyl (C=O) groups is 4. The van der Waals surface area contributed by atoms with E-state index in [2.05, 4.69) is 47.4 Å². The molecule has 4 heteroatoms. The average Bonchev–Trinajstić information content (AvgIpc) is 2.38. The maximum Gasteiger partial charge on any atom is 0.152 e. The monoisotopic (exact) mass is 294 g/mol. The molecule has 4 nitrogen and oxygen atoms in total. The smallest absolute Gasteiger partial charge is 0.152 e. The summed E-state index contributed by atoms with van der Waals surface area (Å²) in [6, 6.07) is 0. The standard InChI is InChI=1S/C18H14O4/c1-13(19)17(14(2)20)11-9-7-5-6-8-10-12-18(15(3)21)16(4)22/h17-18H,1-4H3. The summed E-state index contributed by atoms with van der Waals surface area (Å²) in [6.45, 7) is 5.13. The summed E-state index contributed by atoms with van der Waals surface area (Å²) in [4.78, 5) is 44.4. The fourth-order valence-electron chi connectivity index (χ4n) is 1.32. The second-order valence-corrected chi connectivity index (χ2v) is 4.35. The third-order valence-electron chi connectivity index (χ3n) is 2.37. The summed E-state index contributed by atoms with van der Waals surface area (Å²) in [7, 11) is 0. The minimum atomic E-state index is -0.964. The lowest BCUT2D eigenvalue weighted by Gasteiger charge is -1.98. The molecule has 0 aliphatic heterocycles. The zero-order chi connectivity index (χ0) is 17.1. The van der Waals surface area contributed by atoms with Crippen LogP contribution < -0.4 is 0 Å². The van der Waals surface area contributed by atoms with Crippen LogP contribution >= 0.6 is 0 Å². The molecule has 0 aromatic heterocycles. The molecule has 0 spiro atoms. The van der Waals surface area contributed by atoms with Crippen LogP contribution in [0, 0.1) is 59.2 Å². The van der Waals surface area contributed by atoms with Crippen molar-refractivity contribution in [3.8, 4) is 47.4 Å². The summed E-state index contributed by atoms with van der Waals surface area (Å²) in [6.07, 6.45) is 0. The van der Waals surface area contributed by atoms with Crippen molar-refractivity contribution in [1.29, 1.82) is 0 Å². The molecule has 0 unspecified atom stereocenters. The molecule has 0 atom stereocenters. The van der Waals surface area contributed by atoms with E-state index >= 15 is 0 Å². The molecule has 22 heavy (non-hydrogen) atoms. The Balaban J connectivity index is 4.85. The minimum Gasteiger partial charge on any atom is -0.298 e. The topological polar surface area (TPSA) is 68.3 Å². The van der Waals surface area contributed by atoms with Gasteiger partial charge in [-0.1, -0.05) is 11.8 Å². The summed E-state index contributed by atoms with van der Waals surface area (Å²) in [5, 5.41) is 0. The molecule has 0 radical (unpaired) electrons. The van der Waals surface area contributed by atoms with Crippen molar-refractivity contribution in [3.05, 3.63) is 0 Å². The first-order valence-corrected chi connectivity index (χ1v) is 6.30. The van der Waals surface area contributed by atoms with Gasteiger partial charge in [0.15, 0.2) is 23.1 Å². The van der Waals surface area contributed by atoms with Gasteiger partial charge in [0.2, 0.25) is 0 Å². The van der Waals surface area contributed by atoms with E-state index in [0.29, 0.717) is 0 Å². The molecular weight excluding hydrogens is 280 g/mol. The van der Waals surface area contributed by atoms with Gasteiger partial charge < -0.3 is 0 Å². The Morgan fingerprint density at radius 3 is 0.955 bits per heavy atom. The number of hydrogen-bond acceptors (Lipinski definition) is 4. The molecule has 0 fully saturated rings. The molecule has 0 aliphatic rings. The molecule has 0 saturated heterocycles. The minimum absolute atomic E-state index is 0.335. The lowest BCUT2D eigenvalue weighted by molar-refractivity contribution is -0.129. The van der Waals surface area contributed by atoms with Crippen molar-refractivity contribution in [3.63, 3.8) is 0 Å². The van der Waals surface area contributed by atoms with Crippen LogP contribution in [0.3, 0.4) is 0 Å².